The molecule has 0 aliphatic carbocycles. The first-order valence-corrected chi connectivity index (χ1v) is 21.1. The van der Waals surface area contributed by atoms with Gasteiger partial charge in [-0.3, -0.25) is 0 Å². The van der Waals surface area contributed by atoms with Crippen molar-refractivity contribution in [1.29, 1.82) is 0 Å². The molecule has 0 amide bonds. The first-order chi connectivity index (χ1) is 30.8. The van der Waals surface area contributed by atoms with Crippen molar-refractivity contribution >= 4 is 93.5 Å². The molecule has 290 valence electrons. The lowest BCUT2D eigenvalue weighted by molar-refractivity contribution is 0.669. The first kappa shape index (κ1) is 34.5. The number of anilines is 3. The smallest absolute Gasteiger partial charge is 0.145 e. The van der Waals surface area contributed by atoms with Gasteiger partial charge in [-0.1, -0.05) is 146 Å². The molecule has 3 heterocycles. The van der Waals surface area contributed by atoms with E-state index >= 15 is 0 Å². The minimum absolute atomic E-state index is 0.838. The second-order valence-electron chi connectivity index (χ2n) is 16.0. The molecule has 0 aliphatic rings. The summed E-state index contributed by atoms with van der Waals surface area (Å²) >= 11 is 0. The molecule has 0 saturated carbocycles. The van der Waals surface area contributed by atoms with Gasteiger partial charge >= 0.3 is 0 Å². The summed E-state index contributed by atoms with van der Waals surface area (Å²) in [7, 11) is 0. The van der Waals surface area contributed by atoms with Crippen molar-refractivity contribution in [2.24, 2.45) is 0 Å². The summed E-state index contributed by atoms with van der Waals surface area (Å²) < 4.78 is 15.9. The number of nitrogens with zero attached hydrogens (tertiary/aromatic N) is 2. The molecule has 0 fully saturated rings. The van der Waals surface area contributed by atoms with Gasteiger partial charge in [-0.2, -0.15) is 0 Å². The Balaban J connectivity index is 1.05. The summed E-state index contributed by atoms with van der Waals surface area (Å²) in [5.74, 6) is 0. The Hall–Kier alpha value is -8.34. The Kier molecular flexibility index (Phi) is 7.57. The van der Waals surface area contributed by atoms with Crippen LogP contribution in [0.4, 0.5) is 17.1 Å². The highest BCUT2D eigenvalue weighted by Gasteiger charge is 2.25. The van der Waals surface area contributed by atoms with Crippen LogP contribution in [0.25, 0.3) is 104 Å². The first-order valence-electron chi connectivity index (χ1n) is 21.1. The van der Waals surface area contributed by atoms with Crippen molar-refractivity contribution in [2.75, 3.05) is 4.90 Å². The van der Waals surface area contributed by atoms with Gasteiger partial charge in [-0.05, 0) is 100 Å². The molecule has 4 nitrogen and oxygen atoms in total. The van der Waals surface area contributed by atoms with Gasteiger partial charge in [-0.25, -0.2) is 0 Å². The van der Waals surface area contributed by atoms with Gasteiger partial charge in [-0.15, -0.1) is 0 Å². The number of fused-ring (bicyclic) bond motifs is 10. The fourth-order valence-corrected chi connectivity index (χ4v) is 9.86. The van der Waals surface area contributed by atoms with Crippen LogP contribution in [0, 0.1) is 0 Å². The standard InChI is InChI=1S/C58H36N2O2/c1-2-18-42-37(14-1)15-12-23-43(42)38-30-32-40(33-31-38)59(51-26-13-29-55-56(51)47-21-5-9-27-53(47)61-55)52-35-34-44(58-57(52)48-22-6-10-28-54(48)62-58)39-16-11-17-41(36-39)60-49-24-7-3-19-45(49)46-20-4-8-25-50(46)60/h1-36H. The van der Waals surface area contributed by atoms with E-state index in [-0.39, 0.29) is 0 Å². The molecule has 4 heteroatoms. The summed E-state index contributed by atoms with van der Waals surface area (Å²) in [6, 6.07) is 77.9. The molecule has 0 aliphatic heterocycles. The van der Waals surface area contributed by atoms with Gasteiger partial charge in [0.25, 0.3) is 0 Å². The molecule has 13 rings (SSSR count). The fourth-order valence-electron chi connectivity index (χ4n) is 9.86. The van der Waals surface area contributed by atoms with Crippen LogP contribution in [0.5, 0.6) is 0 Å². The summed E-state index contributed by atoms with van der Waals surface area (Å²) in [6.07, 6.45) is 0. The molecule has 0 atom stereocenters. The molecule has 0 radical (unpaired) electrons. The molecule has 3 aromatic heterocycles. The van der Waals surface area contributed by atoms with Crippen molar-refractivity contribution < 1.29 is 8.83 Å². The maximum Gasteiger partial charge on any atom is 0.145 e. The van der Waals surface area contributed by atoms with Crippen LogP contribution in [-0.4, -0.2) is 4.57 Å². The number of benzene rings is 10. The minimum Gasteiger partial charge on any atom is -0.456 e. The maximum absolute atomic E-state index is 6.98. The van der Waals surface area contributed by atoms with Crippen molar-refractivity contribution in [3.05, 3.63) is 218 Å². The number of aromatic nitrogens is 1. The van der Waals surface area contributed by atoms with E-state index in [0.29, 0.717) is 0 Å². The SMILES string of the molecule is c1cc(-c2ccc(N(c3ccc(-c4cccc5ccccc45)cc3)c3cccc4oc5ccccc5c34)c3c2oc2ccccc23)cc(-n2c3ccccc3c3ccccc32)c1. The zero-order valence-corrected chi connectivity index (χ0v) is 33.5. The maximum atomic E-state index is 6.98. The fraction of sp³-hybridized carbons (Fsp3) is 0. The lowest BCUT2D eigenvalue weighted by Crippen LogP contribution is -2.11. The van der Waals surface area contributed by atoms with E-state index in [0.717, 1.165) is 83.3 Å². The predicted molar refractivity (Wildman–Crippen MR) is 258 cm³/mol. The van der Waals surface area contributed by atoms with Gasteiger partial charge in [0.2, 0.25) is 0 Å². The normalized spacial score (nSPS) is 11.9. The molecule has 0 bridgehead atoms. The third-order valence-electron chi connectivity index (χ3n) is 12.6. The van der Waals surface area contributed by atoms with E-state index < -0.39 is 0 Å². The largest absolute Gasteiger partial charge is 0.456 e. The van der Waals surface area contributed by atoms with E-state index in [1.54, 1.807) is 0 Å². The van der Waals surface area contributed by atoms with E-state index in [2.05, 4.69) is 216 Å². The number of hydrogen-bond donors (Lipinski definition) is 0. The van der Waals surface area contributed by atoms with Crippen molar-refractivity contribution in [1.82, 2.24) is 4.57 Å². The molecule has 13 aromatic rings. The zero-order valence-electron chi connectivity index (χ0n) is 33.5. The Labute approximate surface area is 356 Å². The second kappa shape index (κ2) is 13.6. The number of furan rings is 2. The highest BCUT2D eigenvalue weighted by molar-refractivity contribution is 6.20. The Morgan fingerprint density at radius 2 is 0.935 bits per heavy atom. The van der Waals surface area contributed by atoms with Crippen LogP contribution < -0.4 is 4.90 Å². The van der Waals surface area contributed by atoms with Crippen molar-refractivity contribution in [2.45, 2.75) is 0 Å². The number of para-hydroxylation sites is 4. The van der Waals surface area contributed by atoms with E-state index in [9.17, 15) is 0 Å². The second-order valence-corrected chi connectivity index (χ2v) is 16.0. The van der Waals surface area contributed by atoms with Crippen LogP contribution in [0.2, 0.25) is 0 Å². The average molecular weight is 793 g/mol. The topological polar surface area (TPSA) is 34.5 Å². The van der Waals surface area contributed by atoms with Gasteiger partial charge in [0.1, 0.15) is 22.3 Å². The number of rotatable bonds is 6. The lowest BCUT2D eigenvalue weighted by atomic mass is 9.97. The minimum atomic E-state index is 0.838. The highest BCUT2D eigenvalue weighted by Crippen LogP contribution is 2.49. The molecule has 10 aromatic carbocycles. The lowest BCUT2D eigenvalue weighted by Gasteiger charge is -2.27. The quantitative estimate of drug-likeness (QED) is 0.168. The molecular weight excluding hydrogens is 757 g/mol. The van der Waals surface area contributed by atoms with E-state index in [1.807, 2.05) is 12.1 Å². The van der Waals surface area contributed by atoms with E-state index in [1.165, 1.54) is 38.1 Å². The van der Waals surface area contributed by atoms with Crippen LogP contribution in [-0.2, 0) is 0 Å². The third kappa shape index (κ3) is 5.20. The monoisotopic (exact) mass is 792 g/mol. The van der Waals surface area contributed by atoms with E-state index in [4.69, 9.17) is 8.83 Å². The number of hydrogen-bond acceptors (Lipinski definition) is 3. The van der Waals surface area contributed by atoms with Gasteiger partial charge in [0.05, 0.1) is 33.2 Å². The molecule has 0 saturated heterocycles. The van der Waals surface area contributed by atoms with Crippen LogP contribution >= 0.6 is 0 Å². The van der Waals surface area contributed by atoms with Gasteiger partial charge in [0, 0.05) is 38.5 Å². The van der Waals surface area contributed by atoms with Crippen molar-refractivity contribution in [3.8, 4) is 27.9 Å². The van der Waals surface area contributed by atoms with Crippen LogP contribution in [0.15, 0.2) is 227 Å². The molecule has 62 heavy (non-hydrogen) atoms. The van der Waals surface area contributed by atoms with Gasteiger partial charge < -0.3 is 18.3 Å². The molecule has 0 N–H and O–H groups in total. The highest BCUT2D eigenvalue weighted by atomic mass is 16.3. The Morgan fingerprint density at radius 3 is 1.71 bits per heavy atom. The molecule has 0 unspecified atom stereocenters. The summed E-state index contributed by atoms with van der Waals surface area (Å²) in [5, 5.41) is 9.17. The van der Waals surface area contributed by atoms with Gasteiger partial charge in [0.15, 0.2) is 0 Å². The Morgan fingerprint density at radius 1 is 0.355 bits per heavy atom. The Bertz CT molecular complexity index is 3830. The molecule has 0 spiro atoms. The van der Waals surface area contributed by atoms with Crippen LogP contribution in [0.3, 0.4) is 0 Å². The van der Waals surface area contributed by atoms with Crippen molar-refractivity contribution in [3.63, 3.8) is 0 Å². The third-order valence-corrected chi connectivity index (χ3v) is 12.6. The summed E-state index contributed by atoms with van der Waals surface area (Å²) in [6.45, 7) is 0. The zero-order chi connectivity index (χ0) is 40.7. The summed E-state index contributed by atoms with van der Waals surface area (Å²) in [4.78, 5) is 2.39. The predicted octanol–water partition coefficient (Wildman–Crippen LogP) is 16.5. The average Bonchev–Trinajstić information content (AvgIpc) is 4.02. The van der Waals surface area contributed by atoms with Crippen LogP contribution in [0.1, 0.15) is 0 Å². The molecular formula is C58H36N2O2. The summed E-state index contributed by atoms with van der Waals surface area (Å²) in [5.41, 5.74) is 14.4.